The van der Waals surface area contributed by atoms with Gasteiger partial charge in [0.25, 0.3) is 5.91 Å². The summed E-state index contributed by atoms with van der Waals surface area (Å²) in [5, 5.41) is 6.02. The molecule has 2 N–H and O–H groups in total. The number of aromatic nitrogens is 2. The number of carbonyl (C=O) groups excluding carboxylic acids is 1. The predicted molar refractivity (Wildman–Crippen MR) is 103 cm³/mol. The minimum absolute atomic E-state index is 0.256. The molecule has 7 heteroatoms. The number of anilines is 2. The average Bonchev–Trinajstić information content (AvgIpc) is 2.73. The Morgan fingerprint density at radius 2 is 1.89 bits per heavy atom. The lowest BCUT2D eigenvalue weighted by atomic mass is 10.2. The van der Waals surface area contributed by atoms with Crippen molar-refractivity contribution in [3.63, 3.8) is 0 Å². The maximum atomic E-state index is 12.4. The van der Waals surface area contributed by atoms with E-state index in [2.05, 4.69) is 20.6 Å². The molecule has 3 rings (SSSR count). The molecule has 0 radical (unpaired) electrons. The van der Waals surface area contributed by atoms with Crippen molar-refractivity contribution in [3.05, 3.63) is 72.2 Å². The van der Waals surface area contributed by atoms with Gasteiger partial charge in [-0.15, -0.1) is 0 Å². The molecule has 2 heterocycles. The zero-order valence-corrected chi connectivity index (χ0v) is 15.1. The van der Waals surface area contributed by atoms with Crippen LogP contribution in [0.4, 0.5) is 11.5 Å². The van der Waals surface area contributed by atoms with Crippen molar-refractivity contribution in [2.45, 2.75) is 6.54 Å². The van der Waals surface area contributed by atoms with Crippen molar-refractivity contribution < 1.29 is 14.3 Å². The molecule has 0 atom stereocenters. The first-order valence-electron chi connectivity index (χ1n) is 8.32. The average molecular weight is 364 g/mol. The molecule has 3 aromatic rings. The lowest BCUT2D eigenvalue weighted by Gasteiger charge is -2.10. The van der Waals surface area contributed by atoms with Gasteiger partial charge in [0.05, 0.1) is 26.1 Å². The standard InChI is InChI=1S/C20H20N4O3/c1-26-17-7-5-15(10-18(17)27-2)20(25)24-16-6-8-19(23-13-16)22-12-14-4-3-9-21-11-14/h3-11,13H,12H2,1-2H3,(H,22,23)(H,24,25). The van der Waals surface area contributed by atoms with Gasteiger partial charge in [0.15, 0.2) is 11.5 Å². The Bertz CT molecular complexity index is 899. The van der Waals surface area contributed by atoms with Crippen LogP contribution in [0.15, 0.2) is 61.1 Å². The van der Waals surface area contributed by atoms with Crippen molar-refractivity contribution in [2.75, 3.05) is 24.9 Å². The third-order valence-corrected chi connectivity index (χ3v) is 3.86. The number of methoxy groups -OCH3 is 2. The number of rotatable bonds is 7. The Labute approximate surface area is 157 Å². The van der Waals surface area contributed by atoms with Gasteiger partial charge in [0.2, 0.25) is 0 Å². The highest BCUT2D eigenvalue weighted by atomic mass is 16.5. The van der Waals surface area contributed by atoms with Crippen LogP contribution in [-0.4, -0.2) is 30.1 Å². The van der Waals surface area contributed by atoms with Crippen LogP contribution in [0.1, 0.15) is 15.9 Å². The van der Waals surface area contributed by atoms with Crippen LogP contribution in [0.2, 0.25) is 0 Å². The number of nitrogens with one attached hydrogen (secondary N) is 2. The molecule has 7 nitrogen and oxygen atoms in total. The van der Waals surface area contributed by atoms with Crippen LogP contribution >= 0.6 is 0 Å². The molecule has 1 amide bonds. The largest absolute Gasteiger partial charge is 0.493 e. The molecule has 0 aliphatic heterocycles. The van der Waals surface area contributed by atoms with Gasteiger partial charge in [-0.25, -0.2) is 4.98 Å². The highest BCUT2D eigenvalue weighted by Gasteiger charge is 2.11. The van der Waals surface area contributed by atoms with E-state index in [1.165, 1.54) is 7.11 Å². The minimum atomic E-state index is -0.256. The molecule has 138 valence electrons. The highest BCUT2D eigenvalue weighted by molar-refractivity contribution is 6.04. The van der Waals surface area contributed by atoms with E-state index in [0.29, 0.717) is 35.1 Å². The van der Waals surface area contributed by atoms with E-state index in [1.807, 2.05) is 12.1 Å². The van der Waals surface area contributed by atoms with Crippen LogP contribution in [-0.2, 0) is 6.54 Å². The van der Waals surface area contributed by atoms with Crippen LogP contribution in [0.5, 0.6) is 11.5 Å². The molecule has 27 heavy (non-hydrogen) atoms. The van der Waals surface area contributed by atoms with Crippen molar-refractivity contribution in [1.29, 1.82) is 0 Å². The maximum Gasteiger partial charge on any atom is 0.255 e. The zero-order chi connectivity index (χ0) is 19.1. The van der Waals surface area contributed by atoms with Crippen molar-refractivity contribution in [2.24, 2.45) is 0 Å². The fourth-order valence-corrected chi connectivity index (χ4v) is 2.45. The topological polar surface area (TPSA) is 85.4 Å². The molecule has 0 aliphatic carbocycles. The summed E-state index contributed by atoms with van der Waals surface area (Å²) in [6.07, 6.45) is 5.13. The van der Waals surface area contributed by atoms with E-state index in [0.717, 1.165) is 5.56 Å². The second kappa shape index (κ2) is 8.66. The number of hydrogen-bond acceptors (Lipinski definition) is 6. The molecule has 1 aromatic carbocycles. The Balaban J connectivity index is 1.61. The van der Waals surface area contributed by atoms with Gasteiger partial charge < -0.3 is 20.1 Å². The molecule has 0 unspecified atom stereocenters. The Morgan fingerprint density at radius 1 is 1.04 bits per heavy atom. The van der Waals surface area contributed by atoms with Gasteiger partial charge >= 0.3 is 0 Å². The van der Waals surface area contributed by atoms with Gasteiger partial charge in [-0.05, 0) is 42.0 Å². The van der Waals surface area contributed by atoms with Crippen LogP contribution < -0.4 is 20.1 Å². The molecule has 0 fully saturated rings. The molecule has 0 spiro atoms. The van der Waals surface area contributed by atoms with Crippen LogP contribution in [0, 0.1) is 0 Å². The Kier molecular flexibility index (Phi) is 5.84. The van der Waals surface area contributed by atoms with Crippen molar-refractivity contribution >= 4 is 17.4 Å². The van der Waals surface area contributed by atoms with Gasteiger partial charge in [-0.3, -0.25) is 9.78 Å². The minimum Gasteiger partial charge on any atom is -0.493 e. The molecule has 2 aromatic heterocycles. The Morgan fingerprint density at radius 3 is 2.56 bits per heavy atom. The van der Waals surface area contributed by atoms with E-state index in [9.17, 15) is 4.79 Å². The number of amides is 1. The summed E-state index contributed by atoms with van der Waals surface area (Å²) in [6, 6.07) is 12.5. The molecule has 0 bridgehead atoms. The highest BCUT2D eigenvalue weighted by Crippen LogP contribution is 2.27. The molecule has 0 saturated carbocycles. The summed E-state index contributed by atoms with van der Waals surface area (Å²) >= 11 is 0. The lowest BCUT2D eigenvalue weighted by molar-refractivity contribution is 0.102. The molecular weight excluding hydrogens is 344 g/mol. The van der Waals surface area contributed by atoms with Crippen LogP contribution in [0.3, 0.4) is 0 Å². The van der Waals surface area contributed by atoms with E-state index < -0.39 is 0 Å². The second-order valence-electron chi connectivity index (χ2n) is 5.67. The first kappa shape index (κ1) is 18.2. The molecular formula is C20H20N4O3. The summed E-state index contributed by atoms with van der Waals surface area (Å²) in [5.41, 5.74) is 2.12. The quantitative estimate of drug-likeness (QED) is 0.669. The summed E-state index contributed by atoms with van der Waals surface area (Å²) in [6.45, 7) is 0.623. The summed E-state index contributed by atoms with van der Waals surface area (Å²) in [4.78, 5) is 20.8. The van der Waals surface area contributed by atoms with Gasteiger partial charge in [0, 0.05) is 24.5 Å². The van der Waals surface area contributed by atoms with Gasteiger partial charge in [-0.2, -0.15) is 0 Å². The lowest BCUT2D eigenvalue weighted by Crippen LogP contribution is -2.12. The number of hydrogen-bond donors (Lipinski definition) is 2. The van der Waals surface area contributed by atoms with E-state index in [4.69, 9.17) is 9.47 Å². The monoisotopic (exact) mass is 364 g/mol. The first-order chi connectivity index (χ1) is 13.2. The summed E-state index contributed by atoms with van der Waals surface area (Å²) in [5.74, 6) is 1.52. The normalized spacial score (nSPS) is 10.1. The van der Waals surface area contributed by atoms with E-state index in [-0.39, 0.29) is 5.91 Å². The molecule has 0 aliphatic rings. The maximum absolute atomic E-state index is 12.4. The third kappa shape index (κ3) is 4.72. The fourth-order valence-electron chi connectivity index (χ4n) is 2.45. The van der Waals surface area contributed by atoms with Gasteiger partial charge in [-0.1, -0.05) is 6.07 Å². The molecule has 0 saturated heterocycles. The summed E-state index contributed by atoms with van der Waals surface area (Å²) in [7, 11) is 3.08. The third-order valence-electron chi connectivity index (χ3n) is 3.86. The van der Waals surface area contributed by atoms with E-state index in [1.54, 1.807) is 56.0 Å². The van der Waals surface area contributed by atoms with E-state index >= 15 is 0 Å². The van der Waals surface area contributed by atoms with Crippen molar-refractivity contribution in [3.8, 4) is 11.5 Å². The number of pyridine rings is 2. The second-order valence-corrected chi connectivity index (χ2v) is 5.67. The zero-order valence-electron chi connectivity index (χ0n) is 15.1. The van der Waals surface area contributed by atoms with Crippen LogP contribution in [0.25, 0.3) is 0 Å². The number of nitrogens with zero attached hydrogens (tertiary/aromatic N) is 2. The predicted octanol–water partition coefficient (Wildman–Crippen LogP) is 3.36. The SMILES string of the molecule is COc1ccc(C(=O)Nc2ccc(NCc3cccnc3)nc2)cc1OC. The number of ether oxygens (including phenoxy) is 2. The fraction of sp³-hybridized carbons (Fsp3) is 0.150. The first-order valence-corrected chi connectivity index (χ1v) is 8.32. The van der Waals surface area contributed by atoms with Crippen molar-refractivity contribution in [1.82, 2.24) is 9.97 Å². The van der Waals surface area contributed by atoms with Gasteiger partial charge in [0.1, 0.15) is 5.82 Å². The Hall–Kier alpha value is -3.61. The smallest absolute Gasteiger partial charge is 0.255 e. The number of carbonyl (C=O) groups is 1. The number of benzene rings is 1. The summed E-state index contributed by atoms with van der Waals surface area (Å²) < 4.78 is 10.4.